The van der Waals surface area contributed by atoms with Crippen LogP contribution >= 0.6 is 0 Å². The van der Waals surface area contributed by atoms with E-state index < -0.39 is 0 Å². The van der Waals surface area contributed by atoms with Crippen LogP contribution in [0.5, 0.6) is 0 Å². The van der Waals surface area contributed by atoms with Crippen molar-refractivity contribution in [1.29, 1.82) is 10.5 Å². The number of fused-ring (bicyclic) bond motifs is 4. The summed E-state index contributed by atoms with van der Waals surface area (Å²) in [4.78, 5) is 4.77. The predicted molar refractivity (Wildman–Crippen MR) is 279 cm³/mol. The molecule has 0 radical (unpaired) electrons. The minimum absolute atomic E-state index is 0.152. The number of para-hydroxylation sites is 4. The highest BCUT2D eigenvalue weighted by Crippen LogP contribution is 2.53. The molecule has 9 aromatic rings. The Morgan fingerprint density at radius 3 is 0.926 bits per heavy atom. The van der Waals surface area contributed by atoms with Gasteiger partial charge in [0.2, 0.25) is 0 Å². The summed E-state index contributed by atoms with van der Waals surface area (Å²) in [5, 5.41) is 22.3. The standard InChI is InChI=1S/C64H50N4/c1-63(2)53-23-11-15-27-57(53)67(58-28-16-12-24-54(58)63)47-35-31-43(32-36-47)39-49-50(62(46-21-9-6-10-22-46)52(42-66)51(41-65)61(49)45-19-7-5-8-20-45)40-44-33-37-48(38-34-44)68-59-29-17-13-25-55(59)64(3,4)56-26-14-18-30-60(56)68/h5-38H,39-40H2,1-4H3. The summed E-state index contributed by atoms with van der Waals surface area (Å²) < 4.78 is 0. The summed E-state index contributed by atoms with van der Waals surface area (Å²) in [5.41, 5.74) is 20.3. The fraction of sp³-hybridized carbons (Fsp3) is 0.125. The maximum Gasteiger partial charge on any atom is 0.101 e. The summed E-state index contributed by atoms with van der Waals surface area (Å²) in [6.07, 6.45) is 1.10. The number of nitriles is 2. The molecule has 4 heteroatoms. The summed E-state index contributed by atoms with van der Waals surface area (Å²) >= 11 is 0. The van der Waals surface area contributed by atoms with E-state index in [2.05, 4.69) is 219 Å². The molecule has 0 amide bonds. The average Bonchev–Trinajstić information content (AvgIpc) is 3.38. The Bertz CT molecular complexity index is 3130. The van der Waals surface area contributed by atoms with Crippen LogP contribution in [0.2, 0.25) is 0 Å². The van der Waals surface area contributed by atoms with E-state index in [0.29, 0.717) is 24.0 Å². The molecule has 0 bridgehead atoms. The highest BCUT2D eigenvalue weighted by molar-refractivity contribution is 5.90. The van der Waals surface area contributed by atoms with E-state index in [1.807, 2.05) is 36.4 Å². The number of anilines is 6. The van der Waals surface area contributed by atoms with Crippen LogP contribution in [-0.2, 0) is 23.7 Å². The number of benzene rings is 9. The summed E-state index contributed by atoms with van der Waals surface area (Å²) in [6, 6.07) is 78.2. The zero-order chi connectivity index (χ0) is 46.6. The molecule has 0 N–H and O–H groups in total. The van der Waals surface area contributed by atoms with E-state index in [1.54, 1.807) is 0 Å². The van der Waals surface area contributed by atoms with Crippen LogP contribution in [0.4, 0.5) is 34.1 Å². The fourth-order valence-electron chi connectivity index (χ4n) is 11.1. The number of hydrogen-bond acceptors (Lipinski definition) is 4. The van der Waals surface area contributed by atoms with Gasteiger partial charge in [0.15, 0.2) is 0 Å². The minimum Gasteiger partial charge on any atom is -0.310 e. The zero-order valence-corrected chi connectivity index (χ0v) is 38.8. The lowest BCUT2D eigenvalue weighted by Gasteiger charge is -2.42. The van der Waals surface area contributed by atoms with Crippen molar-refractivity contribution in [1.82, 2.24) is 0 Å². The molecule has 2 aliphatic heterocycles. The van der Waals surface area contributed by atoms with Crippen LogP contribution in [0.1, 0.15) is 83.3 Å². The molecule has 0 saturated carbocycles. The lowest BCUT2D eigenvalue weighted by molar-refractivity contribution is 0.631. The Balaban J connectivity index is 1.06. The maximum atomic E-state index is 11.1. The lowest BCUT2D eigenvalue weighted by atomic mass is 9.73. The normalized spacial score (nSPS) is 13.9. The summed E-state index contributed by atoms with van der Waals surface area (Å²) in [5.74, 6) is 0. The highest BCUT2D eigenvalue weighted by Gasteiger charge is 2.38. The van der Waals surface area contributed by atoms with Gasteiger partial charge in [0.25, 0.3) is 0 Å². The lowest BCUT2D eigenvalue weighted by Crippen LogP contribution is -2.30. The highest BCUT2D eigenvalue weighted by atomic mass is 15.2. The van der Waals surface area contributed by atoms with Gasteiger partial charge in [0.05, 0.1) is 33.9 Å². The molecule has 68 heavy (non-hydrogen) atoms. The van der Waals surface area contributed by atoms with Crippen molar-refractivity contribution in [3.8, 4) is 34.4 Å². The monoisotopic (exact) mass is 874 g/mol. The molecule has 0 spiro atoms. The number of hydrogen-bond donors (Lipinski definition) is 0. The van der Waals surface area contributed by atoms with Crippen molar-refractivity contribution in [2.45, 2.75) is 51.4 Å². The molecule has 0 fully saturated rings. The molecule has 9 aromatic carbocycles. The number of rotatable bonds is 8. The first kappa shape index (κ1) is 42.2. The Morgan fingerprint density at radius 2 is 0.632 bits per heavy atom. The van der Waals surface area contributed by atoms with Gasteiger partial charge in [-0.2, -0.15) is 10.5 Å². The van der Waals surface area contributed by atoms with Gasteiger partial charge in [-0.15, -0.1) is 0 Å². The van der Waals surface area contributed by atoms with Crippen molar-refractivity contribution in [3.63, 3.8) is 0 Å². The van der Waals surface area contributed by atoms with Crippen molar-refractivity contribution in [2.24, 2.45) is 0 Å². The molecule has 0 aromatic heterocycles. The maximum absolute atomic E-state index is 11.1. The molecule has 2 heterocycles. The third-order valence-corrected chi connectivity index (χ3v) is 14.5. The van der Waals surface area contributed by atoms with E-state index >= 15 is 0 Å². The Hall–Kier alpha value is -8.44. The van der Waals surface area contributed by atoms with E-state index in [1.165, 1.54) is 45.0 Å². The Kier molecular flexibility index (Phi) is 10.4. The van der Waals surface area contributed by atoms with Gasteiger partial charge in [0, 0.05) is 33.3 Å². The summed E-state index contributed by atoms with van der Waals surface area (Å²) in [6.45, 7) is 9.24. The van der Waals surface area contributed by atoms with E-state index in [4.69, 9.17) is 0 Å². The van der Waals surface area contributed by atoms with Crippen LogP contribution in [0.3, 0.4) is 0 Å². The first-order valence-electron chi connectivity index (χ1n) is 23.5. The zero-order valence-electron chi connectivity index (χ0n) is 38.8. The quantitative estimate of drug-likeness (QED) is 0.153. The molecule has 326 valence electrons. The minimum atomic E-state index is -0.152. The van der Waals surface area contributed by atoms with Gasteiger partial charge < -0.3 is 9.80 Å². The smallest absolute Gasteiger partial charge is 0.101 e. The van der Waals surface area contributed by atoms with E-state index in [9.17, 15) is 10.5 Å². The molecule has 0 aliphatic carbocycles. The molecule has 0 saturated heterocycles. The predicted octanol–water partition coefficient (Wildman–Crippen LogP) is 16.2. The Labute approximate surface area is 400 Å². The van der Waals surface area contributed by atoms with E-state index in [0.717, 1.165) is 55.9 Å². The molecule has 4 nitrogen and oxygen atoms in total. The molecule has 11 rings (SSSR count). The van der Waals surface area contributed by atoms with Gasteiger partial charge in [-0.05, 0) is 117 Å². The second-order valence-electron chi connectivity index (χ2n) is 19.1. The first-order valence-corrected chi connectivity index (χ1v) is 23.5. The van der Waals surface area contributed by atoms with Gasteiger partial charge in [-0.3, -0.25) is 0 Å². The van der Waals surface area contributed by atoms with Gasteiger partial charge in [0.1, 0.15) is 12.1 Å². The molecule has 2 aliphatic rings. The average molecular weight is 875 g/mol. The van der Waals surface area contributed by atoms with Crippen LogP contribution in [0.25, 0.3) is 22.3 Å². The fourth-order valence-corrected chi connectivity index (χ4v) is 11.1. The molecular formula is C64H50N4. The van der Waals surface area contributed by atoms with Gasteiger partial charge in [-0.25, -0.2) is 0 Å². The third kappa shape index (κ3) is 6.88. The summed E-state index contributed by atoms with van der Waals surface area (Å²) in [7, 11) is 0. The second-order valence-corrected chi connectivity index (χ2v) is 19.1. The SMILES string of the molecule is CC1(C)c2ccccc2N(c2ccc(Cc3c(Cc4ccc(N5c6ccccc6C(C)(C)c6ccccc65)cc4)c(-c4ccccc4)c(C#N)c(C#N)c3-c3ccccc3)cc2)c2ccccc21. The van der Waals surface area contributed by atoms with Crippen LogP contribution < -0.4 is 9.80 Å². The molecular weight excluding hydrogens is 825 g/mol. The molecule has 0 atom stereocenters. The topological polar surface area (TPSA) is 54.1 Å². The third-order valence-electron chi connectivity index (χ3n) is 14.5. The van der Waals surface area contributed by atoms with Crippen molar-refractivity contribution >= 4 is 34.1 Å². The largest absolute Gasteiger partial charge is 0.310 e. The van der Waals surface area contributed by atoms with E-state index in [-0.39, 0.29) is 10.8 Å². The van der Waals surface area contributed by atoms with Crippen LogP contribution in [0.15, 0.2) is 206 Å². The second kappa shape index (κ2) is 16.8. The first-order chi connectivity index (χ1) is 33.2. The molecule has 0 unspecified atom stereocenters. The van der Waals surface area contributed by atoms with Crippen LogP contribution in [0, 0.1) is 22.7 Å². The van der Waals surface area contributed by atoms with Crippen molar-refractivity contribution < 1.29 is 0 Å². The Morgan fingerprint density at radius 1 is 0.353 bits per heavy atom. The van der Waals surface area contributed by atoms with Gasteiger partial charge >= 0.3 is 0 Å². The van der Waals surface area contributed by atoms with Crippen molar-refractivity contribution in [2.75, 3.05) is 9.80 Å². The van der Waals surface area contributed by atoms with Gasteiger partial charge in [-0.1, -0.05) is 185 Å². The number of nitrogens with zero attached hydrogens (tertiary/aromatic N) is 4. The van der Waals surface area contributed by atoms with Crippen LogP contribution in [-0.4, -0.2) is 0 Å². The van der Waals surface area contributed by atoms with Crippen molar-refractivity contribution in [3.05, 3.63) is 262 Å².